The normalized spacial score (nSPS) is 11.1. The smallest absolute Gasteiger partial charge is 0.185 e. The number of hydrogen-bond donors (Lipinski definition) is 0. The van der Waals surface area contributed by atoms with Gasteiger partial charge in [0.05, 0.1) is 0 Å². The van der Waals surface area contributed by atoms with E-state index >= 15 is 0 Å². The molecule has 3 rings (SSSR count). The summed E-state index contributed by atoms with van der Waals surface area (Å²) < 4.78 is 3.43. The van der Waals surface area contributed by atoms with E-state index in [9.17, 15) is 4.79 Å². The predicted octanol–water partition coefficient (Wildman–Crippen LogP) is 5.59. The number of hydrogen-bond acceptors (Lipinski definition) is 1. The molecule has 0 bridgehead atoms. The van der Waals surface area contributed by atoms with Crippen molar-refractivity contribution in [1.29, 1.82) is 0 Å². The standard InChI is InChI=1S/C21H18INO/c1-15-14-18(8-13-21(24)17-6-4-3-5-7-17)16(2)23(15)20-11-9-19(22)10-12-20/h3-14H,1-2H3/b13-8+. The van der Waals surface area contributed by atoms with Crippen molar-refractivity contribution in [2.24, 2.45) is 0 Å². The minimum atomic E-state index is 0.0228. The van der Waals surface area contributed by atoms with Gasteiger partial charge in [-0.05, 0) is 84.5 Å². The lowest BCUT2D eigenvalue weighted by Gasteiger charge is -2.09. The summed E-state index contributed by atoms with van der Waals surface area (Å²) in [6.07, 6.45) is 3.55. The van der Waals surface area contributed by atoms with E-state index in [0.29, 0.717) is 5.56 Å². The van der Waals surface area contributed by atoms with Crippen molar-refractivity contribution < 1.29 is 4.79 Å². The Balaban J connectivity index is 1.90. The van der Waals surface area contributed by atoms with Crippen molar-refractivity contribution in [2.75, 3.05) is 0 Å². The Morgan fingerprint density at radius 2 is 1.67 bits per heavy atom. The Bertz CT molecular complexity index is 890. The summed E-state index contributed by atoms with van der Waals surface area (Å²) in [5.41, 5.74) is 5.20. The molecule has 0 fully saturated rings. The second-order valence-corrected chi connectivity index (χ2v) is 6.95. The van der Waals surface area contributed by atoms with Crippen LogP contribution in [0.4, 0.5) is 0 Å². The van der Waals surface area contributed by atoms with Crippen molar-refractivity contribution in [1.82, 2.24) is 4.57 Å². The second kappa shape index (κ2) is 7.18. The first-order chi connectivity index (χ1) is 11.6. The molecule has 2 nitrogen and oxygen atoms in total. The van der Waals surface area contributed by atoms with Crippen LogP contribution >= 0.6 is 22.6 Å². The first-order valence-corrected chi connectivity index (χ1v) is 8.86. The number of rotatable bonds is 4. The van der Waals surface area contributed by atoms with Gasteiger partial charge >= 0.3 is 0 Å². The molecule has 1 aromatic heterocycles. The topological polar surface area (TPSA) is 22.0 Å². The van der Waals surface area contributed by atoms with Gasteiger partial charge in [0.2, 0.25) is 0 Å². The Morgan fingerprint density at radius 1 is 1.00 bits per heavy atom. The lowest BCUT2D eigenvalue weighted by Crippen LogP contribution is -1.99. The molecule has 2 aromatic carbocycles. The molecule has 120 valence electrons. The Morgan fingerprint density at radius 3 is 2.33 bits per heavy atom. The number of nitrogens with zero attached hydrogens (tertiary/aromatic N) is 1. The van der Waals surface area contributed by atoms with E-state index in [2.05, 4.69) is 71.3 Å². The van der Waals surface area contributed by atoms with Crippen molar-refractivity contribution >= 4 is 34.5 Å². The minimum absolute atomic E-state index is 0.0228. The predicted molar refractivity (Wildman–Crippen MR) is 108 cm³/mol. The van der Waals surface area contributed by atoms with E-state index in [1.54, 1.807) is 6.08 Å². The van der Waals surface area contributed by atoms with Crippen LogP contribution in [-0.2, 0) is 0 Å². The van der Waals surface area contributed by atoms with Gasteiger partial charge in [0.1, 0.15) is 0 Å². The summed E-state index contributed by atoms with van der Waals surface area (Å²) in [7, 11) is 0. The Kier molecular flexibility index (Phi) is 5.00. The number of ketones is 1. The highest BCUT2D eigenvalue weighted by Crippen LogP contribution is 2.22. The number of allylic oxidation sites excluding steroid dienone is 1. The maximum atomic E-state index is 12.2. The molecule has 24 heavy (non-hydrogen) atoms. The fourth-order valence-corrected chi connectivity index (χ4v) is 3.17. The first kappa shape index (κ1) is 16.7. The van der Waals surface area contributed by atoms with Crippen molar-refractivity contribution in [3.63, 3.8) is 0 Å². The first-order valence-electron chi connectivity index (χ1n) is 7.78. The summed E-state index contributed by atoms with van der Waals surface area (Å²) in [6, 6.07) is 19.9. The quantitative estimate of drug-likeness (QED) is 0.302. The van der Waals surface area contributed by atoms with Crippen LogP contribution in [-0.4, -0.2) is 10.4 Å². The van der Waals surface area contributed by atoms with Crippen molar-refractivity contribution in [3.05, 3.63) is 92.8 Å². The maximum Gasteiger partial charge on any atom is 0.185 e. The second-order valence-electron chi connectivity index (χ2n) is 5.70. The van der Waals surface area contributed by atoms with Crippen LogP contribution in [0.3, 0.4) is 0 Å². The third-order valence-electron chi connectivity index (χ3n) is 4.03. The number of carbonyl (C=O) groups is 1. The van der Waals surface area contributed by atoms with Crippen molar-refractivity contribution in [2.45, 2.75) is 13.8 Å². The fraction of sp³-hybridized carbons (Fsp3) is 0.0952. The van der Waals surface area contributed by atoms with Crippen LogP contribution in [0.15, 0.2) is 66.7 Å². The van der Waals surface area contributed by atoms with Crippen LogP contribution in [0.5, 0.6) is 0 Å². The molecule has 1 heterocycles. The Hall–Kier alpha value is -2.14. The molecule has 0 aliphatic carbocycles. The fourth-order valence-electron chi connectivity index (χ4n) is 2.81. The molecular weight excluding hydrogens is 409 g/mol. The third-order valence-corrected chi connectivity index (χ3v) is 4.75. The molecule has 0 spiro atoms. The highest BCUT2D eigenvalue weighted by molar-refractivity contribution is 14.1. The van der Waals surface area contributed by atoms with Gasteiger partial charge in [-0.25, -0.2) is 0 Å². The van der Waals surface area contributed by atoms with Gasteiger partial charge < -0.3 is 4.57 Å². The molecule has 0 amide bonds. The summed E-state index contributed by atoms with van der Waals surface area (Å²) in [4.78, 5) is 12.2. The molecule has 3 heteroatoms. The van der Waals surface area contributed by atoms with E-state index in [1.165, 1.54) is 3.57 Å². The van der Waals surface area contributed by atoms with Gasteiger partial charge in [0.25, 0.3) is 0 Å². The van der Waals surface area contributed by atoms with Crippen molar-refractivity contribution in [3.8, 4) is 5.69 Å². The molecule has 0 unspecified atom stereocenters. The monoisotopic (exact) mass is 427 g/mol. The molecular formula is C21H18INO. The van der Waals surface area contributed by atoms with Crippen LogP contribution in [0, 0.1) is 17.4 Å². The van der Waals surface area contributed by atoms with E-state index in [0.717, 1.165) is 22.6 Å². The summed E-state index contributed by atoms with van der Waals surface area (Å²) in [5, 5.41) is 0. The third kappa shape index (κ3) is 3.51. The SMILES string of the molecule is Cc1cc(/C=C/C(=O)c2ccccc2)c(C)n1-c1ccc(I)cc1. The molecule has 0 saturated heterocycles. The van der Waals surface area contributed by atoms with E-state index in [4.69, 9.17) is 0 Å². The summed E-state index contributed by atoms with van der Waals surface area (Å²) in [5.74, 6) is 0.0228. The number of carbonyl (C=O) groups excluding carboxylic acids is 1. The zero-order valence-corrected chi connectivity index (χ0v) is 15.8. The van der Waals surface area contributed by atoms with E-state index in [-0.39, 0.29) is 5.78 Å². The molecule has 0 saturated carbocycles. The molecule has 3 aromatic rings. The molecule has 0 N–H and O–H groups in total. The summed E-state index contributed by atoms with van der Waals surface area (Å²) >= 11 is 2.31. The minimum Gasteiger partial charge on any atom is -0.318 e. The zero-order valence-electron chi connectivity index (χ0n) is 13.7. The van der Waals surface area contributed by atoms with Gasteiger partial charge in [-0.3, -0.25) is 4.79 Å². The lowest BCUT2D eigenvalue weighted by atomic mass is 10.1. The van der Waals surface area contributed by atoms with E-state index in [1.807, 2.05) is 36.4 Å². The average Bonchev–Trinajstić information content (AvgIpc) is 2.88. The molecule has 0 aliphatic rings. The van der Waals surface area contributed by atoms with Gasteiger partial charge in [0.15, 0.2) is 5.78 Å². The number of halogens is 1. The largest absolute Gasteiger partial charge is 0.318 e. The summed E-state index contributed by atoms with van der Waals surface area (Å²) in [6.45, 7) is 4.17. The van der Waals surface area contributed by atoms with Crippen LogP contribution < -0.4 is 0 Å². The van der Waals surface area contributed by atoms with Gasteiger partial charge in [-0.15, -0.1) is 0 Å². The Labute approximate surface area is 156 Å². The lowest BCUT2D eigenvalue weighted by molar-refractivity contribution is 0.104. The zero-order chi connectivity index (χ0) is 17.1. The van der Waals surface area contributed by atoms with Crippen LogP contribution in [0.2, 0.25) is 0 Å². The highest BCUT2D eigenvalue weighted by atomic mass is 127. The molecule has 0 radical (unpaired) electrons. The maximum absolute atomic E-state index is 12.2. The number of aromatic nitrogens is 1. The van der Waals surface area contributed by atoms with Gasteiger partial charge in [-0.2, -0.15) is 0 Å². The van der Waals surface area contributed by atoms with E-state index < -0.39 is 0 Å². The van der Waals surface area contributed by atoms with Crippen LogP contribution in [0.25, 0.3) is 11.8 Å². The number of aryl methyl sites for hydroxylation is 1. The number of benzene rings is 2. The average molecular weight is 427 g/mol. The highest BCUT2D eigenvalue weighted by Gasteiger charge is 2.09. The van der Waals surface area contributed by atoms with Gasteiger partial charge in [-0.1, -0.05) is 30.3 Å². The molecule has 0 aliphatic heterocycles. The molecule has 0 atom stereocenters. The van der Waals surface area contributed by atoms with Crippen LogP contribution in [0.1, 0.15) is 27.3 Å². The van der Waals surface area contributed by atoms with Gasteiger partial charge in [0, 0.05) is 26.2 Å².